The number of hydrogen-bond acceptors (Lipinski definition) is 4. The number of nitrogens with zero attached hydrogens (tertiary/aromatic N) is 1. The van der Waals surface area contributed by atoms with Crippen molar-refractivity contribution in [1.29, 1.82) is 0 Å². The van der Waals surface area contributed by atoms with E-state index in [-0.39, 0.29) is 12.4 Å². The van der Waals surface area contributed by atoms with Crippen molar-refractivity contribution in [2.45, 2.75) is 19.4 Å². The SMILES string of the molecule is COc1cc(CN(C)CCCCO)ccc1O. The highest BCUT2D eigenvalue weighted by Gasteiger charge is 2.05. The Balaban J connectivity index is 2.50. The number of benzene rings is 1. The fourth-order valence-electron chi connectivity index (χ4n) is 1.70. The van der Waals surface area contributed by atoms with Gasteiger partial charge in [-0.3, -0.25) is 0 Å². The van der Waals surface area contributed by atoms with Crippen LogP contribution < -0.4 is 4.74 Å². The molecule has 17 heavy (non-hydrogen) atoms. The molecule has 4 nitrogen and oxygen atoms in total. The van der Waals surface area contributed by atoms with Gasteiger partial charge in [-0.05, 0) is 44.1 Å². The molecule has 2 N–H and O–H groups in total. The van der Waals surface area contributed by atoms with Gasteiger partial charge in [0.05, 0.1) is 7.11 Å². The number of aliphatic hydroxyl groups excluding tert-OH is 1. The standard InChI is InChI=1S/C13H21NO3/c1-14(7-3-4-8-15)10-11-5-6-12(16)13(9-11)17-2/h5-6,9,15-16H,3-4,7-8,10H2,1-2H3. The highest BCUT2D eigenvalue weighted by atomic mass is 16.5. The molecule has 0 heterocycles. The highest BCUT2D eigenvalue weighted by molar-refractivity contribution is 5.41. The van der Waals surface area contributed by atoms with Crippen LogP contribution in [0.1, 0.15) is 18.4 Å². The lowest BCUT2D eigenvalue weighted by molar-refractivity contribution is 0.261. The first-order chi connectivity index (χ1) is 8.17. The van der Waals surface area contributed by atoms with Gasteiger partial charge in [0.1, 0.15) is 0 Å². The van der Waals surface area contributed by atoms with Crippen LogP contribution in [0.25, 0.3) is 0 Å². The van der Waals surface area contributed by atoms with Gasteiger partial charge in [-0.15, -0.1) is 0 Å². The summed E-state index contributed by atoms with van der Waals surface area (Å²) in [6.45, 7) is 2.01. The van der Waals surface area contributed by atoms with Gasteiger partial charge in [0.25, 0.3) is 0 Å². The Labute approximate surface area is 102 Å². The number of rotatable bonds is 7. The zero-order chi connectivity index (χ0) is 12.7. The second-order valence-corrected chi connectivity index (χ2v) is 4.17. The van der Waals surface area contributed by atoms with Crippen molar-refractivity contribution in [3.05, 3.63) is 23.8 Å². The number of methoxy groups -OCH3 is 1. The maximum Gasteiger partial charge on any atom is 0.160 e. The van der Waals surface area contributed by atoms with Gasteiger partial charge in [0.2, 0.25) is 0 Å². The monoisotopic (exact) mass is 239 g/mol. The van der Waals surface area contributed by atoms with E-state index in [0.717, 1.165) is 31.5 Å². The van der Waals surface area contributed by atoms with Gasteiger partial charge < -0.3 is 19.8 Å². The van der Waals surface area contributed by atoms with Crippen LogP contribution in [0.4, 0.5) is 0 Å². The van der Waals surface area contributed by atoms with Gasteiger partial charge in [0.15, 0.2) is 11.5 Å². The first-order valence-corrected chi connectivity index (χ1v) is 5.82. The van der Waals surface area contributed by atoms with Crippen LogP contribution in [0.2, 0.25) is 0 Å². The Morgan fingerprint density at radius 3 is 2.71 bits per heavy atom. The molecule has 4 heteroatoms. The predicted octanol–water partition coefficient (Wildman–Crippen LogP) is 1.61. The second kappa shape index (κ2) is 7.14. The van der Waals surface area contributed by atoms with E-state index in [1.54, 1.807) is 13.2 Å². The highest BCUT2D eigenvalue weighted by Crippen LogP contribution is 2.26. The first-order valence-electron chi connectivity index (χ1n) is 5.82. The molecule has 0 radical (unpaired) electrons. The van der Waals surface area contributed by atoms with Crippen molar-refractivity contribution in [3.63, 3.8) is 0 Å². The third kappa shape index (κ3) is 4.63. The maximum absolute atomic E-state index is 9.48. The molecule has 0 aliphatic heterocycles. The van der Waals surface area contributed by atoms with Crippen molar-refractivity contribution < 1.29 is 14.9 Å². The van der Waals surface area contributed by atoms with Crippen molar-refractivity contribution in [2.75, 3.05) is 27.3 Å². The summed E-state index contributed by atoms with van der Waals surface area (Å²) in [5.41, 5.74) is 1.10. The molecule has 0 spiro atoms. The number of unbranched alkanes of at least 4 members (excludes halogenated alkanes) is 1. The van der Waals surface area contributed by atoms with Crippen LogP contribution in [0, 0.1) is 0 Å². The van der Waals surface area contributed by atoms with Gasteiger partial charge >= 0.3 is 0 Å². The molecular formula is C13H21NO3. The van der Waals surface area contributed by atoms with E-state index in [4.69, 9.17) is 9.84 Å². The normalized spacial score (nSPS) is 10.8. The van der Waals surface area contributed by atoms with E-state index in [1.165, 1.54) is 0 Å². The van der Waals surface area contributed by atoms with Crippen molar-refractivity contribution in [1.82, 2.24) is 4.90 Å². The fourth-order valence-corrected chi connectivity index (χ4v) is 1.70. The minimum Gasteiger partial charge on any atom is -0.504 e. The van der Waals surface area contributed by atoms with Gasteiger partial charge in [-0.1, -0.05) is 6.07 Å². The Bertz CT molecular complexity index is 341. The molecule has 0 atom stereocenters. The molecule has 1 aromatic rings. The average molecular weight is 239 g/mol. The topological polar surface area (TPSA) is 52.9 Å². The lowest BCUT2D eigenvalue weighted by Gasteiger charge is -2.17. The van der Waals surface area contributed by atoms with Crippen LogP contribution in [0.15, 0.2) is 18.2 Å². The number of hydrogen-bond donors (Lipinski definition) is 2. The number of phenolic OH excluding ortho intramolecular Hbond substituents is 1. The van der Waals surface area contributed by atoms with Crippen molar-refractivity contribution in [3.8, 4) is 11.5 Å². The molecule has 0 fully saturated rings. The predicted molar refractivity (Wildman–Crippen MR) is 67.3 cm³/mol. The molecule has 0 aliphatic carbocycles. The Kier molecular flexibility index (Phi) is 5.80. The van der Waals surface area contributed by atoms with Gasteiger partial charge in [-0.2, -0.15) is 0 Å². The summed E-state index contributed by atoms with van der Waals surface area (Å²) in [5.74, 6) is 0.672. The number of aromatic hydroxyl groups is 1. The van der Waals surface area contributed by atoms with Crippen LogP contribution in [0.3, 0.4) is 0 Å². The third-order valence-electron chi connectivity index (χ3n) is 2.64. The molecule has 0 saturated carbocycles. The van der Waals surface area contributed by atoms with Crippen LogP contribution in [0.5, 0.6) is 11.5 Å². The Hall–Kier alpha value is -1.26. The summed E-state index contributed by atoms with van der Waals surface area (Å²) < 4.78 is 5.06. The molecule has 1 rings (SSSR count). The first kappa shape index (κ1) is 13.8. The summed E-state index contributed by atoms with van der Waals surface area (Å²) in [4.78, 5) is 2.18. The molecule has 0 bridgehead atoms. The van der Waals surface area contributed by atoms with E-state index in [2.05, 4.69) is 4.90 Å². The summed E-state index contributed by atoms with van der Waals surface area (Å²) in [6.07, 6.45) is 1.82. The lowest BCUT2D eigenvalue weighted by atomic mass is 10.2. The van der Waals surface area contributed by atoms with E-state index >= 15 is 0 Å². The average Bonchev–Trinajstić information content (AvgIpc) is 2.32. The zero-order valence-electron chi connectivity index (χ0n) is 10.5. The zero-order valence-corrected chi connectivity index (χ0v) is 10.5. The molecule has 96 valence electrons. The third-order valence-corrected chi connectivity index (χ3v) is 2.64. The molecule has 0 aliphatic rings. The van der Waals surface area contributed by atoms with Crippen LogP contribution in [-0.4, -0.2) is 42.4 Å². The smallest absolute Gasteiger partial charge is 0.160 e. The summed E-state index contributed by atoms with van der Waals surface area (Å²) in [5, 5.41) is 18.2. The molecule has 0 aromatic heterocycles. The summed E-state index contributed by atoms with van der Waals surface area (Å²) in [6, 6.07) is 5.38. The van der Waals surface area contributed by atoms with Crippen LogP contribution in [-0.2, 0) is 6.54 Å². The number of ether oxygens (including phenoxy) is 1. The van der Waals surface area contributed by atoms with E-state index < -0.39 is 0 Å². The molecule has 0 saturated heterocycles. The largest absolute Gasteiger partial charge is 0.504 e. The molecule has 0 amide bonds. The van der Waals surface area contributed by atoms with E-state index in [9.17, 15) is 5.11 Å². The van der Waals surface area contributed by atoms with Crippen molar-refractivity contribution >= 4 is 0 Å². The number of aliphatic hydroxyl groups is 1. The van der Waals surface area contributed by atoms with E-state index in [0.29, 0.717) is 5.75 Å². The molecular weight excluding hydrogens is 218 g/mol. The van der Waals surface area contributed by atoms with Crippen molar-refractivity contribution in [2.24, 2.45) is 0 Å². The summed E-state index contributed by atoms with van der Waals surface area (Å²) >= 11 is 0. The fraction of sp³-hybridized carbons (Fsp3) is 0.538. The quantitative estimate of drug-likeness (QED) is 0.710. The summed E-state index contributed by atoms with van der Waals surface area (Å²) in [7, 11) is 3.58. The lowest BCUT2D eigenvalue weighted by Crippen LogP contribution is -2.19. The van der Waals surface area contributed by atoms with Gasteiger partial charge in [0, 0.05) is 13.2 Å². The number of phenols is 1. The van der Waals surface area contributed by atoms with Gasteiger partial charge in [-0.25, -0.2) is 0 Å². The Morgan fingerprint density at radius 2 is 2.06 bits per heavy atom. The molecule has 0 unspecified atom stereocenters. The maximum atomic E-state index is 9.48. The van der Waals surface area contributed by atoms with Crippen LogP contribution >= 0.6 is 0 Å². The molecule has 1 aromatic carbocycles. The minimum absolute atomic E-state index is 0.166. The Morgan fingerprint density at radius 1 is 1.29 bits per heavy atom. The minimum atomic E-state index is 0.166. The van der Waals surface area contributed by atoms with E-state index in [1.807, 2.05) is 19.2 Å². The second-order valence-electron chi connectivity index (χ2n) is 4.17.